The van der Waals surface area contributed by atoms with Crippen LogP contribution in [0.2, 0.25) is 0 Å². The zero-order valence-corrected chi connectivity index (χ0v) is 16.8. The highest BCUT2D eigenvalue weighted by Crippen LogP contribution is 2.32. The van der Waals surface area contributed by atoms with Gasteiger partial charge in [0, 0.05) is 24.6 Å². The standard InChI is InChI=1S/C22H21N3O3S/c1-16-4-6-17(7-5-16)15-29(27,28)24-20-9-8-18-10-12-25(21(18)13-20)22(26)19-3-2-11-23-14-19/h2-9,11,13-14,24H,10,12,15H2,1H3. The van der Waals surface area contributed by atoms with E-state index in [0.717, 1.165) is 28.8 Å². The van der Waals surface area contributed by atoms with Gasteiger partial charge in [-0.2, -0.15) is 0 Å². The minimum atomic E-state index is -3.57. The molecule has 0 saturated carbocycles. The molecule has 29 heavy (non-hydrogen) atoms. The van der Waals surface area contributed by atoms with Crippen molar-refractivity contribution in [2.24, 2.45) is 0 Å². The van der Waals surface area contributed by atoms with E-state index >= 15 is 0 Å². The van der Waals surface area contributed by atoms with Gasteiger partial charge in [0.2, 0.25) is 10.0 Å². The van der Waals surface area contributed by atoms with E-state index in [4.69, 9.17) is 0 Å². The number of aromatic nitrogens is 1. The van der Waals surface area contributed by atoms with Crippen LogP contribution in [-0.2, 0) is 22.2 Å². The number of rotatable bonds is 5. The second kappa shape index (κ2) is 7.67. The number of hydrogen-bond donors (Lipinski definition) is 1. The Bertz CT molecular complexity index is 1140. The van der Waals surface area contributed by atoms with Crippen molar-refractivity contribution in [3.63, 3.8) is 0 Å². The predicted molar refractivity (Wildman–Crippen MR) is 113 cm³/mol. The van der Waals surface area contributed by atoms with Gasteiger partial charge in [0.1, 0.15) is 0 Å². The highest BCUT2D eigenvalue weighted by Gasteiger charge is 2.26. The molecule has 3 aromatic rings. The SMILES string of the molecule is Cc1ccc(CS(=O)(=O)Nc2ccc3c(c2)N(C(=O)c2cccnc2)CC3)cc1. The van der Waals surface area contributed by atoms with Gasteiger partial charge in [0.05, 0.1) is 17.0 Å². The highest BCUT2D eigenvalue weighted by molar-refractivity contribution is 7.91. The molecular weight excluding hydrogens is 386 g/mol. The van der Waals surface area contributed by atoms with E-state index in [1.54, 1.807) is 35.4 Å². The van der Waals surface area contributed by atoms with Crippen molar-refractivity contribution in [3.8, 4) is 0 Å². The lowest BCUT2D eigenvalue weighted by atomic mass is 10.1. The fourth-order valence-corrected chi connectivity index (χ4v) is 4.61. The van der Waals surface area contributed by atoms with Gasteiger partial charge in [-0.3, -0.25) is 14.5 Å². The van der Waals surface area contributed by atoms with Crippen LogP contribution < -0.4 is 9.62 Å². The molecule has 0 atom stereocenters. The van der Waals surface area contributed by atoms with Gasteiger partial charge in [0.25, 0.3) is 5.91 Å². The molecule has 6 nitrogen and oxygen atoms in total. The van der Waals surface area contributed by atoms with Gasteiger partial charge in [-0.1, -0.05) is 35.9 Å². The number of carbonyl (C=O) groups excluding carboxylic acids is 1. The molecule has 1 aromatic heterocycles. The second-order valence-electron chi connectivity index (χ2n) is 7.14. The van der Waals surface area contributed by atoms with Crippen LogP contribution in [0.25, 0.3) is 0 Å². The lowest BCUT2D eigenvalue weighted by Crippen LogP contribution is -2.29. The summed E-state index contributed by atoms with van der Waals surface area (Å²) < 4.78 is 27.8. The number of fused-ring (bicyclic) bond motifs is 1. The average Bonchev–Trinajstić information content (AvgIpc) is 3.12. The lowest BCUT2D eigenvalue weighted by Gasteiger charge is -2.18. The minimum absolute atomic E-state index is 0.108. The molecule has 0 aliphatic carbocycles. The zero-order valence-electron chi connectivity index (χ0n) is 16.0. The molecular formula is C22H21N3O3S. The van der Waals surface area contributed by atoms with Crippen LogP contribution in [0.1, 0.15) is 27.0 Å². The van der Waals surface area contributed by atoms with Crippen LogP contribution in [0.5, 0.6) is 0 Å². The number of amides is 1. The maximum absolute atomic E-state index is 12.8. The molecule has 0 spiro atoms. The summed E-state index contributed by atoms with van der Waals surface area (Å²) >= 11 is 0. The molecule has 0 fully saturated rings. The third-order valence-electron chi connectivity index (χ3n) is 4.89. The average molecular weight is 407 g/mol. The Kier molecular flexibility index (Phi) is 5.07. The van der Waals surface area contributed by atoms with Crippen LogP contribution in [0.15, 0.2) is 67.0 Å². The Morgan fingerprint density at radius 2 is 1.93 bits per heavy atom. The van der Waals surface area contributed by atoms with Crippen molar-refractivity contribution in [2.45, 2.75) is 19.1 Å². The van der Waals surface area contributed by atoms with Gasteiger partial charge in [-0.05, 0) is 48.7 Å². The van der Waals surface area contributed by atoms with Crippen LogP contribution >= 0.6 is 0 Å². The Balaban J connectivity index is 1.55. The van der Waals surface area contributed by atoms with Crippen LogP contribution in [0.4, 0.5) is 11.4 Å². The molecule has 1 amide bonds. The smallest absolute Gasteiger partial charge is 0.259 e. The van der Waals surface area contributed by atoms with E-state index < -0.39 is 10.0 Å². The first-order valence-electron chi connectivity index (χ1n) is 9.32. The number of anilines is 2. The molecule has 0 bridgehead atoms. The lowest BCUT2D eigenvalue weighted by molar-refractivity contribution is 0.0989. The third kappa shape index (κ3) is 4.30. The first-order valence-corrected chi connectivity index (χ1v) is 11.0. The molecule has 2 aromatic carbocycles. The third-order valence-corrected chi connectivity index (χ3v) is 6.15. The van der Waals surface area contributed by atoms with E-state index in [2.05, 4.69) is 9.71 Å². The van der Waals surface area contributed by atoms with E-state index in [9.17, 15) is 13.2 Å². The maximum atomic E-state index is 12.8. The van der Waals surface area contributed by atoms with Crippen molar-refractivity contribution >= 4 is 27.3 Å². The molecule has 1 N–H and O–H groups in total. The second-order valence-corrected chi connectivity index (χ2v) is 8.86. The van der Waals surface area contributed by atoms with Gasteiger partial charge < -0.3 is 4.90 Å². The van der Waals surface area contributed by atoms with Crippen molar-refractivity contribution in [1.29, 1.82) is 0 Å². The van der Waals surface area contributed by atoms with Crippen molar-refractivity contribution in [1.82, 2.24) is 4.98 Å². The van der Waals surface area contributed by atoms with Crippen molar-refractivity contribution in [3.05, 3.63) is 89.2 Å². The summed E-state index contributed by atoms with van der Waals surface area (Å²) in [5, 5.41) is 0. The monoisotopic (exact) mass is 407 g/mol. The summed E-state index contributed by atoms with van der Waals surface area (Å²) in [5.74, 6) is -0.251. The molecule has 148 valence electrons. The van der Waals surface area contributed by atoms with E-state index in [1.807, 2.05) is 37.3 Å². The number of pyridine rings is 1. The summed E-state index contributed by atoms with van der Waals surface area (Å²) in [5.41, 5.74) is 4.50. The largest absolute Gasteiger partial charge is 0.308 e. The summed E-state index contributed by atoms with van der Waals surface area (Å²) in [4.78, 5) is 18.5. The molecule has 4 rings (SSSR count). The van der Waals surface area contributed by atoms with Gasteiger partial charge in [-0.25, -0.2) is 8.42 Å². The van der Waals surface area contributed by atoms with E-state index in [1.165, 1.54) is 6.20 Å². The number of sulfonamides is 1. The first-order chi connectivity index (χ1) is 13.9. The Morgan fingerprint density at radius 1 is 1.14 bits per heavy atom. The molecule has 0 unspecified atom stereocenters. The van der Waals surface area contributed by atoms with Crippen LogP contribution in [-0.4, -0.2) is 25.9 Å². The fraction of sp³-hybridized carbons (Fsp3) is 0.182. The number of nitrogens with zero attached hydrogens (tertiary/aromatic N) is 2. The Hall–Kier alpha value is -3.19. The molecule has 0 saturated heterocycles. The quantitative estimate of drug-likeness (QED) is 0.702. The first kappa shape index (κ1) is 19.1. The number of hydrogen-bond acceptors (Lipinski definition) is 4. The van der Waals surface area contributed by atoms with E-state index in [0.29, 0.717) is 17.8 Å². The summed E-state index contributed by atoms with van der Waals surface area (Å²) in [6, 6.07) is 16.2. The Morgan fingerprint density at radius 3 is 2.66 bits per heavy atom. The molecule has 7 heteroatoms. The normalized spacial score (nSPS) is 13.2. The molecule has 2 heterocycles. The van der Waals surface area contributed by atoms with E-state index in [-0.39, 0.29) is 11.7 Å². The number of benzene rings is 2. The van der Waals surface area contributed by atoms with Crippen molar-refractivity contribution < 1.29 is 13.2 Å². The topological polar surface area (TPSA) is 79.4 Å². The van der Waals surface area contributed by atoms with Gasteiger partial charge in [-0.15, -0.1) is 0 Å². The minimum Gasteiger partial charge on any atom is -0.308 e. The Labute approximate surface area is 170 Å². The van der Waals surface area contributed by atoms with Crippen molar-refractivity contribution in [2.75, 3.05) is 16.2 Å². The number of carbonyl (C=O) groups is 1. The summed E-state index contributed by atoms with van der Waals surface area (Å²) in [6.45, 7) is 2.52. The molecule has 1 aliphatic heterocycles. The molecule has 1 aliphatic rings. The van der Waals surface area contributed by atoms with Crippen LogP contribution in [0, 0.1) is 6.92 Å². The zero-order chi connectivity index (χ0) is 20.4. The van der Waals surface area contributed by atoms with Gasteiger partial charge in [0.15, 0.2) is 0 Å². The highest BCUT2D eigenvalue weighted by atomic mass is 32.2. The van der Waals surface area contributed by atoms with Crippen LogP contribution in [0.3, 0.4) is 0 Å². The fourth-order valence-electron chi connectivity index (χ4n) is 3.42. The van der Waals surface area contributed by atoms with Gasteiger partial charge >= 0.3 is 0 Å². The predicted octanol–water partition coefficient (Wildman–Crippen LogP) is 3.53. The molecule has 0 radical (unpaired) electrons. The summed E-state index contributed by atoms with van der Waals surface area (Å²) in [6.07, 6.45) is 3.89. The number of nitrogens with one attached hydrogen (secondary N) is 1. The maximum Gasteiger partial charge on any atom is 0.259 e. The summed E-state index contributed by atoms with van der Waals surface area (Å²) in [7, 11) is -3.57. The number of aryl methyl sites for hydroxylation is 1.